The number of nitrogens with zero attached hydrogens (tertiary/aromatic N) is 1. The van der Waals surface area contributed by atoms with Crippen LogP contribution in [0.3, 0.4) is 0 Å². The van der Waals surface area contributed by atoms with E-state index in [0.29, 0.717) is 44.3 Å². The summed E-state index contributed by atoms with van der Waals surface area (Å²) in [7, 11) is 0. The fourth-order valence-electron chi connectivity index (χ4n) is 3.13. The molecule has 0 saturated carbocycles. The number of rotatable bonds is 9. The molecule has 2 heterocycles. The molecule has 1 aliphatic rings. The van der Waals surface area contributed by atoms with Crippen molar-refractivity contribution in [2.45, 2.75) is 44.6 Å². The van der Waals surface area contributed by atoms with Crippen LogP contribution in [-0.4, -0.2) is 44.5 Å². The number of benzene rings is 1. The highest BCUT2D eigenvalue weighted by atomic mass is 127. The first-order valence-corrected chi connectivity index (χ1v) is 10.3. The van der Waals surface area contributed by atoms with Crippen LogP contribution in [0.2, 0.25) is 0 Å². The normalized spacial score (nSPS) is 17.6. The topological polar surface area (TPSA) is 68.0 Å². The van der Waals surface area contributed by atoms with E-state index < -0.39 is 11.7 Å². The number of ether oxygens (including phenoxy) is 2. The Labute approximate surface area is 203 Å². The Bertz CT molecular complexity index is 825. The Morgan fingerprint density at radius 3 is 2.81 bits per heavy atom. The molecule has 1 aromatic carbocycles. The van der Waals surface area contributed by atoms with E-state index >= 15 is 0 Å². The van der Waals surface area contributed by atoms with E-state index in [9.17, 15) is 13.2 Å². The summed E-state index contributed by atoms with van der Waals surface area (Å²) in [4.78, 5) is 4.47. The lowest BCUT2D eigenvalue weighted by molar-refractivity contribution is -0.137. The second-order valence-electron chi connectivity index (χ2n) is 7.48. The van der Waals surface area contributed by atoms with Crippen LogP contribution >= 0.6 is 24.0 Å². The van der Waals surface area contributed by atoms with E-state index in [1.165, 1.54) is 6.07 Å². The van der Waals surface area contributed by atoms with Gasteiger partial charge in [0.15, 0.2) is 5.96 Å². The third kappa shape index (κ3) is 8.99. The van der Waals surface area contributed by atoms with Gasteiger partial charge in [-0.2, -0.15) is 13.2 Å². The summed E-state index contributed by atoms with van der Waals surface area (Å²) in [6, 6.07) is 8.86. The van der Waals surface area contributed by atoms with E-state index in [0.717, 1.165) is 24.3 Å². The number of guanidine groups is 1. The van der Waals surface area contributed by atoms with Crippen LogP contribution in [0.25, 0.3) is 0 Å². The first kappa shape index (κ1) is 26.5. The van der Waals surface area contributed by atoms with Crippen molar-refractivity contribution in [1.82, 2.24) is 10.6 Å². The lowest BCUT2D eigenvalue weighted by Crippen LogP contribution is -2.45. The minimum absolute atomic E-state index is 0. The molecule has 1 aromatic heterocycles. The maximum atomic E-state index is 13.0. The third-order valence-electron chi connectivity index (χ3n) is 4.77. The zero-order valence-electron chi connectivity index (χ0n) is 17.9. The first-order chi connectivity index (χ1) is 14.9. The number of hydrogen-bond donors (Lipinski definition) is 2. The summed E-state index contributed by atoms with van der Waals surface area (Å²) >= 11 is 0. The van der Waals surface area contributed by atoms with Crippen molar-refractivity contribution in [1.29, 1.82) is 0 Å². The molecule has 0 spiro atoms. The second kappa shape index (κ2) is 13.0. The predicted octanol–water partition coefficient (Wildman–Crippen LogP) is 4.39. The van der Waals surface area contributed by atoms with Gasteiger partial charge in [-0.1, -0.05) is 12.1 Å². The Morgan fingerprint density at radius 1 is 1.28 bits per heavy atom. The minimum atomic E-state index is -4.38. The van der Waals surface area contributed by atoms with Crippen LogP contribution in [0.5, 0.6) is 0 Å². The quantitative estimate of drug-likeness (QED) is 0.268. The predicted molar refractivity (Wildman–Crippen MR) is 126 cm³/mol. The average molecular weight is 567 g/mol. The fraction of sp³-hybridized carbons (Fsp3) is 0.500. The molecule has 178 valence electrons. The van der Waals surface area contributed by atoms with Crippen molar-refractivity contribution in [2.75, 3.05) is 26.4 Å². The smallest absolute Gasteiger partial charge is 0.416 e. The van der Waals surface area contributed by atoms with Crippen LogP contribution in [0.4, 0.5) is 13.2 Å². The molecule has 2 aromatic rings. The molecule has 1 saturated heterocycles. The molecular weight excluding hydrogens is 538 g/mol. The van der Waals surface area contributed by atoms with Crippen molar-refractivity contribution in [2.24, 2.45) is 4.99 Å². The molecule has 0 aliphatic carbocycles. The van der Waals surface area contributed by atoms with Gasteiger partial charge in [-0.05, 0) is 43.2 Å². The van der Waals surface area contributed by atoms with Crippen molar-refractivity contribution >= 4 is 29.9 Å². The molecule has 6 nitrogen and oxygen atoms in total. The number of halogens is 4. The van der Waals surface area contributed by atoms with Gasteiger partial charge in [0.2, 0.25) is 0 Å². The molecule has 0 amide bonds. The first-order valence-electron chi connectivity index (χ1n) is 10.3. The molecule has 32 heavy (non-hydrogen) atoms. The lowest BCUT2D eigenvalue weighted by Gasteiger charge is -2.20. The van der Waals surface area contributed by atoms with Gasteiger partial charge >= 0.3 is 6.18 Å². The summed E-state index contributed by atoms with van der Waals surface area (Å²) in [5, 5.41) is 6.46. The van der Waals surface area contributed by atoms with Crippen LogP contribution in [-0.2, 0) is 28.6 Å². The van der Waals surface area contributed by atoms with Gasteiger partial charge in [0.25, 0.3) is 0 Å². The van der Waals surface area contributed by atoms with Gasteiger partial charge in [-0.15, -0.1) is 24.0 Å². The number of alkyl halides is 3. The number of nitrogens with one attached hydrogen (secondary N) is 2. The molecular formula is C22H29F3IN3O3. The molecule has 2 atom stereocenters. The summed E-state index contributed by atoms with van der Waals surface area (Å²) in [6.07, 6.45) is -1.13. The van der Waals surface area contributed by atoms with Crippen LogP contribution in [0.1, 0.15) is 30.2 Å². The van der Waals surface area contributed by atoms with Gasteiger partial charge in [0.1, 0.15) is 5.76 Å². The number of aliphatic imine (C=N–C) groups is 1. The summed E-state index contributed by atoms with van der Waals surface area (Å²) in [5.74, 6) is 1.34. The van der Waals surface area contributed by atoms with Gasteiger partial charge in [0, 0.05) is 25.6 Å². The molecule has 1 aliphatic heterocycles. The monoisotopic (exact) mass is 567 g/mol. The second-order valence-corrected chi connectivity index (χ2v) is 7.48. The molecule has 0 bridgehead atoms. The standard InChI is InChI=1S/C22H28F3N3O3.HI/c1-16(14-31-20-8-11-29-15-20)28-21(26-9-7-19-6-3-10-30-19)27-13-17-4-2-5-18(12-17)22(23,24)25;/h2-6,10,12,16,20H,7-9,11,13-15H2,1H3,(H2,26,27,28);1H. The van der Waals surface area contributed by atoms with Gasteiger partial charge in [-0.25, -0.2) is 4.99 Å². The minimum Gasteiger partial charge on any atom is -0.469 e. The largest absolute Gasteiger partial charge is 0.469 e. The maximum absolute atomic E-state index is 13.0. The summed E-state index contributed by atoms with van der Waals surface area (Å²) in [6.45, 7) is 4.42. The SMILES string of the molecule is CC(COC1CCOC1)NC(=NCc1cccc(C(F)(F)F)c1)NCCc1ccco1.I. The van der Waals surface area contributed by atoms with Crippen LogP contribution in [0.15, 0.2) is 52.1 Å². The highest BCUT2D eigenvalue weighted by Gasteiger charge is 2.30. The van der Waals surface area contributed by atoms with Crippen molar-refractivity contribution in [3.8, 4) is 0 Å². The maximum Gasteiger partial charge on any atom is 0.416 e. The van der Waals surface area contributed by atoms with E-state index in [1.807, 2.05) is 19.1 Å². The molecule has 0 radical (unpaired) electrons. The van der Waals surface area contributed by atoms with E-state index in [2.05, 4.69) is 15.6 Å². The van der Waals surface area contributed by atoms with Crippen molar-refractivity contribution in [3.63, 3.8) is 0 Å². The van der Waals surface area contributed by atoms with Gasteiger partial charge < -0.3 is 24.5 Å². The lowest BCUT2D eigenvalue weighted by atomic mass is 10.1. The average Bonchev–Trinajstić information content (AvgIpc) is 3.44. The van der Waals surface area contributed by atoms with E-state index in [1.54, 1.807) is 12.3 Å². The van der Waals surface area contributed by atoms with E-state index in [4.69, 9.17) is 13.9 Å². The molecule has 3 rings (SSSR count). The zero-order chi connectivity index (χ0) is 22.1. The van der Waals surface area contributed by atoms with Crippen molar-refractivity contribution in [3.05, 3.63) is 59.5 Å². The Kier molecular flexibility index (Phi) is 10.8. The Hall–Kier alpha value is -1.79. The van der Waals surface area contributed by atoms with Crippen LogP contribution in [0, 0.1) is 0 Å². The zero-order valence-corrected chi connectivity index (χ0v) is 20.2. The fourth-order valence-corrected chi connectivity index (χ4v) is 3.13. The van der Waals surface area contributed by atoms with E-state index in [-0.39, 0.29) is 42.7 Å². The molecule has 2 unspecified atom stereocenters. The number of furan rings is 1. The third-order valence-corrected chi connectivity index (χ3v) is 4.77. The number of hydrogen-bond acceptors (Lipinski definition) is 4. The van der Waals surface area contributed by atoms with Gasteiger partial charge in [0.05, 0.1) is 37.7 Å². The molecule has 1 fully saturated rings. The summed E-state index contributed by atoms with van der Waals surface area (Å²) < 4.78 is 55.4. The van der Waals surface area contributed by atoms with Gasteiger partial charge in [-0.3, -0.25) is 0 Å². The summed E-state index contributed by atoms with van der Waals surface area (Å²) in [5.41, 5.74) is -0.199. The Morgan fingerprint density at radius 2 is 2.12 bits per heavy atom. The molecule has 2 N–H and O–H groups in total. The highest BCUT2D eigenvalue weighted by molar-refractivity contribution is 14.0. The molecule has 10 heteroatoms. The van der Waals surface area contributed by atoms with Crippen LogP contribution < -0.4 is 10.6 Å². The van der Waals surface area contributed by atoms with Crippen molar-refractivity contribution < 1.29 is 27.1 Å². The Balaban J connectivity index is 0.00000363. The highest BCUT2D eigenvalue weighted by Crippen LogP contribution is 2.29.